The average Bonchev–Trinajstić information content (AvgIpc) is 2.95. The van der Waals surface area contributed by atoms with Gasteiger partial charge >= 0.3 is 5.97 Å². The molecule has 6 nitrogen and oxygen atoms in total. The second-order valence-electron chi connectivity index (χ2n) is 5.68. The minimum Gasteiger partial charge on any atom is -0.481 e. The number of fused-ring (bicyclic) bond motifs is 1. The summed E-state index contributed by atoms with van der Waals surface area (Å²) in [7, 11) is 2.15. The Bertz CT molecular complexity index is 485. The fraction of sp³-hybridized carbons (Fsp3) is 0.769. The molecule has 19 heavy (non-hydrogen) atoms. The topological polar surface area (TPSA) is 71.2 Å². The molecule has 2 aliphatic rings. The van der Waals surface area contributed by atoms with Crippen LogP contribution in [-0.4, -0.2) is 50.4 Å². The molecule has 1 fully saturated rings. The normalized spacial score (nSPS) is 27.4. The number of likely N-dealkylation sites (tertiary alicyclic amines) is 1. The van der Waals surface area contributed by atoms with Gasteiger partial charge in [-0.25, -0.2) is 9.67 Å². The van der Waals surface area contributed by atoms with Crippen molar-refractivity contribution in [3.05, 3.63) is 11.6 Å². The molecule has 2 unspecified atom stereocenters. The number of aliphatic carboxylic acids is 1. The van der Waals surface area contributed by atoms with Gasteiger partial charge in [-0.2, -0.15) is 5.10 Å². The van der Waals surface area contributed by atoms with Crippen molar-refractivity contribution in [2.24, 2.45) is 5.92 Å². The van der Waals surface area contributed by atoms with E-state index in [0.717, 1.165) is 24.6 Å². The van der Waals surface area contributed by atoms with Crippen molar-refractivity contribution in [3.63, 3.8) is 0 Å². The molecule has 0 aromatic carbocycles. The Kier molecular flexibility index (Phi) is 3.26. The summed E-state index contributed by atoms with van der Waals surface area (Å²) in [4.78, 5) is 17.9. The molecule has 104 valence electrons. The lowest BCUT2D eigenvalue weighted by molar-refractivity contribution is -0.142. The summed E-state index contributed by atoms with van der Waals surface area (Å²) in [5, 5.41) is 13.6. The van der Waals surface area contributed by atoms with Crippen molar-refractivity contribution in [2.45, 2.75) is 44.7 Å². The Morgan fingerprint density at radius 3 is 2.95 bits per heavy atom. The van der Waals surface area contributed by atoms with Crippen LogP contribution in [0.2, 0.25) is 0 Å². The van der Waals surface area contributed by atoms with Crippen molar-refractivity contribution in [3.8, 4) is 0 Å². The monoisotopic (exact) mass is 264 g/mol. The molecule has 6 heteroatoms. The van der Waals surface area contributed by atoms with Crippen molar-refractivity contribution in [2.75, 3.05) is 13.6 Å². The summed E-state index contributed by atoms with van der Waals surface area (Å²) in [6.07, 6.45) is 4.51. The molecule has 1 saturated heterocycles. The molecular formula is C13H20N4O2. The summed E-state index contributed by atoms with van der Waals surface area (Å²) < 4.78 is 1.89. The molecule has 0 aliphatic carbocycles. The van der Waals surface area contributed by atoms with Crippen LogP contribution in [0.15, 0.2) is 0 Å². The minimum absolute atomic E-state index is 0.293. The van der Waals surface area contributed by atoms with E-state index in [2.05, 4.69) is 22.0 Å². The molecule has 0 amide bonds. The van der Waals surface area contributed by atoms with Crippen LogP contribution in [0.3, 0.4) is 0 Å². The first kappa shape index (κ1) is 12.6. The highest BCUT2D eigenvalue weighted by Gasteiger charge is 2.28. The standard InChI is InChI=1S/C13H20N4O2/c1-16-5-2-3-10(16)8-11-14-12-7-9(13(18)19)4-6-17(12)15-11/h9-10H,2-8H2,1H3,(H,18,19). The van der Waals surface area contributed by atoms with Gasteiger partial charge in [0.15, 0.2) is 5.82 Å². The zero-order valence-corrected chi connectivity index (χ0v) is 11.2. The second kappa shape index (κ2) is 4.92. The smallest absolute Gasteiger partial charge is 0.307 e. The van der Waals surface area contributed by atoms with Gasteiger partial charge in [0.05, 0.1) is 5.92 Å². The molecule has 0 radical (unpaired) electrons. The number of rotatable bonds is 3. The van der Waals surface area contributed by atoms with Gasteiger partial charge in [-0.3, -0.25) is 4.79 Å². The van der Waals surface area contributed by atoms with Gasteiger partial charge in [0.25, 0.3) is 0 Å². The Balaban J connectivity index is 1.71. The fourth-order valence-electron chi connectivity index (χ4n) is 3.10. The van der Waals surface area contributed by atoms with Gasteiger partial charge in [0.1, 0.15) is 5.82 Å². The van der Waals surface area contributed by atoms with Crippen LogP contribution in [0.4, 0.5) is 0 Å². The number of nitrogens with zero attached hydrogens (tertiary/aromatic N) is 4. The number of likely N-dealkylation sites (N-methyl/N-ethyl adjacent to an activating group) is 1. The van der Waals surface area contributed by atoms with Crippen molar-refractivity contribution < 1.29 is 9.90 Å². The van der Waals surface area contributed by atoms with Crippen LogP contribution in [-0.2, 0) is 24.2 Å². The van der Waals surface area contributed by atoms with E-state index in [0.29, 0.717) is 25.4 Å². The van der Waals surface area contributed by atoms with Crippen LogP contribution < -0.4 is 0 Å². The lowest BCUT2D eigenvalue weighted by Gasteiger charge is -2.17. The molecule has 2 aliphatic heterocycles. The summed E-state index contributed by atoms with van der Waals surface area (Å²) in [6, 6.07) is 0.541. The highest BCUT2D eigenvalue weighted by molar-refractivity contribution is 5.70. The predicted molar refractivity (Wildman–Crippen MR) is 68.8 cm³/mol. The molecule has 1 aromatic rings. The number of aryl methyl sites for hydroxylation is 1. The summed E-state index contributed by atoms with van der Waals surface area (Å²) in [5.74, 6) is 0.708. The van der Waals surface area contributed by atoms with Crippen LogP contribution in [0.5, 0.6) is 0 Å². The Hall–Kier alpha value is -1.43. The quantitative estimate of drug-likeness (QED) is 0.864. The largest absolute Gasteiger partial charge is 0.481 e. The minimum atomic E-state index is -0.716. The Morgan fingerprint density at radius 2 is 2.26 bits per heavy atom. The lowest BCUT2D eigenvalue weighted by Crippen LogP contribution is -2.27. The summed E-state index contributed by atoms with van der Waals surface area (Å²) >= 11 is 0. The zero-order valence-electron chi connectivity index (χ0n) is 11.2. The molecule has 0 spiro atoms. The maximum Gasteiger partial charge on any atom is 0.307 e. The van der Waals surface area contributed by atoms with Gasteiger partial charge in [0, 0.05) is 25.4 Å². The molecule has 3 rings (SSSR count). The first-order valence-corrected chi connectivity index (χ1v) is 6.99. The van der Waals surface area contributed by atoms with E-state index in [1.807, 2.05) is 4.68 Å². The number of aromatic nitrogens is 3. The highest BCUT2D eigenvalue weighted by atomic mass is 16.4. The average molecular weight is 264 g/mol. The third kappa shape index (κ3) is 2.49. The van der Waals surface area contributed by atoms with E-state index in [1.54, 1.807) is 0 Å². The lowest BCUT2D eigenvalue weighted by atomic mass is 9.98. The Labute approximate surface area is 112 Å². The summed E-state index contributed by atoms with van der Waals surface area (Å²) in [5.41, 5.74) is 0. The van der Waals surface area contributed by atoms with Crippen LogP contribution in [0, 0.1) is 5.92 Å². The molecule has 3 heterocycles. The maximum absolute atomic E-state index is 11.0. The van der Waals surface area contributed by atoms with Gasteiger partial charge in [0.2, 0.25) is 0 Å². The van der Waals surface area contributed by atoms with E-state index in [-0.39, 0.29) is 5.92 Å². The van der Waals surface area contributed by atoms with Crippen molar-refractivity contribution in [1.29, 1.82) is 0 Å². The number of hydrogen-bond acceptors (Lipinski definition) is 4. The van der Waals surface area contributed by atoms with Crippen LogP contribution in [0.25, 0.3) is 0 Å². The molecule has 0 saturated carbocycles. The zero-order chi connectivity index (χ0) is 13.4. The predicted octanol–water partition coefficient (Wildman–Crippen LogP) is 0.562. The van der Waals surface area contributed by atoms with Gasteiger partial charge < -0.3 is 10.0 Å². The van der Waals surface area contributed by atoms with Gasteiger partial charge in [-0.1, -0.05) is 0 Å². The maximum atomic E-state index is 11.0. The van der Waals surface area contributed by atoms with E-state index in [1.165, 1.54) is 12.8 Å². The van der Waals surface area contributed by atoms with Crippen molar-refractivity contribution in [1.82, 2.24) is 19.7 Å². The first-order chi connectivity index (χ1) is 9.13. The third-order valence-corrected chi connectivity index (χ3v) is 4.35. The van der Waals surface area contributed by atoms with Gasteiger partial charge in [-0.15, -0.1) is 0 Å². The fourth-order valence-corrected chi connectivity index (χ4v) is 3.10. The third-order valence-electron chi connectivity index (χ3n) is 4.35. The van der Waals surface area contributed by atoms with Crippen LogP contribution in [0.1, 0.15) is 30.9 Å². The first-order valence-electron chi connectivity index (χ1n) is 6.99. The SMILES string of the molecule is CN1CCCC1Cc1nc2n(n1)CCC(C(=O)O)C2. The van der Waals surface area contributed by atoms with Gasteiger partial charge in [-0.05, 0) is 32.9 Å². The molecular weight excluding hydrogens is 244 g/mol. The molecule has 1 aromatic heterocycles. The van der Waals surface area contributed by atoms with E-state index in [4.69, 9.17) is 5.11 Å². The molecule has 1 N–H and O–H groups in total. The van der Waals surface area contributed by atoms with E-state index in [9.17, 15) is 4.79 Å². The Morgan fingerprint density at radius 1 is 1.42 bits per heavy atom. The number of carboxylic acids is 1. The number of hydrogen-bond donors (Lipinski definition) is 1. The van der Waals surface area contributed by atoms with Crippen LogP contribution >= 0.6 is 0 Å². The number of carboxylic acid groups (broad SMARTS) is 1. The van der Waals surface area contributed by atoms with E-state index >= 15 is 0 Å². The highest BCUT2D eigenvalue weighted by Crippen LogP contribution is 2.21. The number of carbonyl (C=O) groups is 1. The van der Waals surface area contributed by atoms with Crippen molar-refractivity contribution >= 4 is 5.97 Å². The summed E-state index contributed by atoms with van der Waals surface area (Å²) in [6.45, 7) is 1.83. The molecule has 2 atom stereocenters. The van der Waals surface area contributed by atoms with E-state index < -0.39 is 5.97 Å². The second-order valence-corrected chi connectivity index (χ2v) is 5.68. The molecule has 0 bridgehead atoms.